The molecule has 1 aromatic carbocycles. The van der Waals surface area contributed by atoms with Gasteiger partial charge in [-0.1, -0.05) is 39.1 Å². The molecule has 0 radical (unpaired) electrons. The van der Waals surface area contributed by atoms with E-state index in [1.54, 1.807) is 22.9 Å². The predicted molar refractivity (Wildman–Crippen MR) is 73.9 cm³/mol. The van der Waals surface area contributed by atoms with Gasteiger partial charge in [0.25, 0.3) is 0 Å². The summed E-state index contributed by atoms with van der Waals surface area (Å²) in [5, 5.41) is 9.12. The lowest BCUT2D eigenvalue weighted by Crippen LogP contribution is -1.91. The minimum atomic E-state index is 0.378. The van der Waals surface area contributed by atoms with Crippen molar-refractivity contribution in [1.29, 1.82) is 0 Å². The SMILES string of the molecule is Clc1cc2nnc(-c3ccc(Br)cc3Cl)n2cn1. The standard InChI is InChI=1S/C11H5BrCl2N4/c12-6-1-2-7(8(13)3-6)11-17-16-10-4-9(14)15-5-18(10)11/h1-5H. The smallest absolute Gasteiger partial charge is 0.171 e. The summed E-state index contributed by atoms with van der Waals surface area (Å²) < 4.78 is 2.65. The van der Waals surface area contributed by atoms with Gasteiger partial charge in [0.05, 0.1) is 5.02 Å². The molecule has 2 aromatic heterocycles. The van der Waals surface area contributed by atoms with Gasteiger partial charge >= 0.3 is 0 Å². The van der Waals surface area contributed by atoms with E-state index in [0.29, 0.717) is 21.6 Å². The van der Waals surface area contributed by atoms with Gasteiger partial charge in [0.1, 0.15) is 11.5 Å². The first-order valence-electron chi connectivity index (χ1n) is 4.97. The van der Waals surface area contributed by atoms with E-state index >= 15 is 0 Å². The van der Waals surface area contributed by atoms with E-state index in [9.17, 15) is 0 Å². The molecule has 18 heavy (non-hydrogen) atoms. The molecule has 3 aromatic rings. The second-order valence-electron chi connectivity index (χ2n) is 3.59. The molecule has 0 unspecified atom stereocenters. The van der Waals surface area contributed by atoms with Gasteiger partial charge < -0.3 is 0 Å². The van der Waals surface area contributed by atoms with Gasteiger partial charge in [-0.2, -0.15) is 0 Å². The Morgan fingerprint density at radius 2 is 1.94 bits per heavy atom. The summed E-state index contributed by atoms with van der Waals surface area (Å²) in [5.74, 6) is 0.631. The topological polar surface area (TPSA) is 43.1 Å². The van der Waals surface area contributed by atoms with Crippen LogP contribution >= 0.6 is 39.1 Å². The molecule has 4 nitrogen and oxygen atoms in total. The molecule has 0 amide bonds. The monoisotopic (exact) mass is 342 g/mol. The fraction of sp³-hybridized carbons (Fsp3) is 0. The lowest BCUT2D eigenvalue weighted by Gasteiger charge is -2.02. The first-order valence-corrected chi connectivity index (χ1v) is 6.52. The fourth-order valence-corrected chi connectivity index (χ4v) is 2.53. The number of halogens is 3. The van der Waals surface area contributed by atoms with Crippen LogP contribution in [0.2, 0.25) is 10.2 Å². The van der Waals surface area contributed by atoms with E-state index in [1.807, 2.05) is 12.1 Å². The van der Waals surface area contributed by atoms with Crippen molar-refractivity contribution in [2.45, 2.75) is 0 Å². The maximum Gasteiger partial charge on any atom is 0.171 e. The summed E-state index contributed by atoms with van der Waals surface area (Å²) in [6.45, 7) is 0. The number of rotatable bonds is 1. The van der Waals surface area contributed by atoms with Crippen LogP contribution in [0.5, 0.6) is 0 Å². The van der Waals surface area contributed by atoms with Crippen molar-refractivity contribution in [3.05, 3.63) is 45.2 Å². The largest absolute Gasteiger partial charge is 0.265 e. The Balaban J connectivity index is 2.25. The molecular formula is C11H5BrCl2N4. The highest BCUT2D eigenvalue weighted by molar-refractivity contribution is 9.10. The molecule has 0 bridgehead atoms. The molecule has 0 fully saturated rings. The van der Waals surface area contributed by atoms with Crippen molar-refractivity contribution in [3.63, 3.8) is 0 Å². The van der Waals surface area contributed by atoms with Crippen molar-refractivity contribution in [3.8, 4) is 11.4 Å². The first kappa shape index (κ1) is 11.9. The molecule has 90 valence electrons. The van der Waals surface area contributed by atoms with Crippen LogP contribution in [-0.4, -0.2) is 19.6 Å². The second kappa shape index (κ2) is 4.50. The highest BCUT2D eigenvalue weighted by atomic mass is 79.9. The van der Waals surface area contributed by atoms with Crippen LogP contribution in [0.3, 0.4) is 0 Å². The Morgan fingerprint density at radius 1 is 1.11 bits per heavy atom. The van der Waals surface area contributed by atoms with Crippen LogP contribution in [0, 0.1) is 0 Å². The van der Waals surface area contributed by atoms with Crippen molar-refractivity contribution < 1.29 is 0 Å². The second-order valence-corrected chi connectivity index (χ2v) is 5.30. The van der Waals surface area contributed by atoms with E-state index in [1.165, 1.54) is 0 Å². The quantitative estimate of drug-likeness (QED) is 0.630. The summed E-state index contributed by atoms with van der Waals surface area (Å²) >= 11 is 15.4. The molecule has 3 rings (SSSR count). The molecule has 0 spiro atoms. The van der Waals surface area contributed by atoms with Crippen molar-refractivity contribution >= 4 is 44.8 Å². The molecule has 0 saturated heterocycles. The average molecular weight is 344 g/mol. The van der Waals surface area contributed by atoms with Crippen molar-refractivity contribution in [2.75, 3.05) is 0 Å². The molecule has 0 aliphatic rings. The maximum absolute atomic E-state index is 6.20. The molecule has 0 atom stereocenters. The molecule has 7 heteroatoms. The zero-order valence-electron chi connectivity index (χ0n) is 8.81. The van der Waals surface area contributed by atoms with E-state index in [2.05, 4.69) is 31.1 Å². The Labute approximate surface area is 121 Å². The zero-order chi connectivity index (χ0) is 12.7. The summed E-state index contributed by atoms with van der Waals surface area (Å²) in [6.07, 6.45) is 1.57. The minimum absolute atomic E-state index is 0.378. The van der Waals surface area contributed by atoms with Crippen LogP contribution in [0.1, 0.15) is 0 Å². The van der Waals surface area contributed by atoms with Crippen LogP contribution in [0.25, 0.3) is 17.0 Å². The van der Waals surface area contributed by atoms with Gasteiger partial charge in [0.2, 0.25) is 0 Å². The molecule has 0 aliphatic heterocycles. The lowest BCUT2D eigenvalue weighted by atomic mass is 10.2. The van der Waals surface area contributed by atoms with Gasteiger partial charge in [-0.15, -0.1) is 10.2 Å². The summed E-state index contributed by atoms with van der Waals surface area (Å²) in [7, 11) is 0. The highest BCUT2D eigenvalue weighted by Crippen LogP contribution is 2.29. The van der Waals surface area contributed by atoms with E-state index in [0.717, 1.165) is 10.0 Å². The maximum atomic E-state index is 6.20. The van der Waals surface area contributed by atoms with Gasteiger partial charge in [-0.3, -0.25) is 4.40 Å². The number of aromatic nitrogens is 4. The van der Waals surface area contributed by atoms with Gasteiger partial charge in [0.15, 0.2) is 11.5 Å². The Bertz CT molecular complexity index is 741. The van der Waals surface area contributed by atoms with Gasteiger partial charge in [-0.25, -0.2) is 4.98 Å². The van der Waals surface area contributed by atoms with Crippen molar-refractivity contribution in [2.24, 2.45) is 0 Å². The lowest BCUT2D eigenvalue weighted by molar-refractivity contribution is 1.08. The summed E-state index contributed by atoms with van der Waals surface area (Å²) in [5.41, 5.74) is 1.42. The van der Waals surface area contributed by atoms with E-state index in [-0.39, 0.29) is 0 Å². The normalized spacial score (nSPS) is 11.1. The Morgan fingerprint density at radius 3 is 2.72 bits per heavy atom. The van der Waals surface area contributed by atoms with Crippen LogP contribution in [-0.2, 0) is 0 Å². The van der Waals surface area contributed by atoms with Gasteiger partial charge in [0, 0.05) is 16.1 Å². The zero-order valence-corrected chi connectivity index (χ0v) is 11.9. The van der Waals surface area contributed by atoms with Crippen LogP contribution in [0.15, 0.2) is 35.1 Å². The third kappa shape index (κ3) is 1.98. The number of hydrogen-bond acceptors (Lipinski definition) is 3. The third-order valence-corrected chi connectivity index (χ3v) is 3.45. The number of nitrogens with zero attached hydrogens (tertiary/aromatic N) is 4. The summed E-state index contributed by atoms with van der Waals surface area (Å²) in [6, 6.07) is 7.22. The third-order valence-electron chi connectivity index (χ3n) is 2.44. The number of benzene rings is 1. The Kier molecular flexibility index (Phi) is 2.97. The highest BCUT2D eigenvalue weighted by Gasteiger charge is 2.12. The number of hydrogen-bond donors (Lipinski definition) is 0. The van der Waals surface area contributed by atoms with Crippen LogP contribution < -0.4 is 0 Å². The molecule has 2 heterocycles. The first-order chi connectivity index (χ1) is 8.65. The predicted octanol–water partition coefficient (Wildman–Crippen LogP) is 3.86. The molecule has 0 aliphatic carbocycles. The van der Waals surface area contributed by atoms with E-state index in [4.69, 9.17) is 23.2 Å². The molecule has 0 N–H and O–H groups in total. The molecule has 0 saturated carbocycles. The van der Waals surface area contributed by atoms with Crippen LogP contribution in [0.4, 0.5) is 0 Å². The summed E-state index contributed by atoms with van der Waals surface area (Å²) in [4.78, 5) is 4.01. The van der Waals surface area contributed by atoms with Gasteiger partial charge in [-0.05, 0) is 18.2 Å². The van der Waals surface area contributed by atoms with E-state index < -0.39 is 0 Å². The number of fused-ring (bicyclic) bond motifs is 1. The Hall–Kier alpha value is -1.17. The fourth-order valence-electron chi connectivity index (χ4n) is 1.63. The average Bonchev–Trinajstić information content (AvgIpc) is 2.72. The minimum Gasteiger partial charge on any atom is -0.265 e. The van der Waals surface area contributed by atoms with Crippen molar-refractivity contribution in [1.82, 2.24) is 19.6 Å². The molecular weight excluding hydrogens is 339 g/mol.